The first-order valence-corrected chi connectivity index (χ1v) is 6.86. The third-order valence-corrected chi connectivity index (χ3v) is 3.04. The Morgan fingerprint density at radius 1 is 1.04 bits per heavy atom. The maximum absolute atomic E-state index is 12.7. The first-order chi connectivity index (χ1) is 11.1. The van der Waals surface area contributed by atoms with E-state index in [-0.39, 0.29) is 12.4 Å². The van der Waals surface area contributed by atoms with E-state index in [4.69, 9.17) is 4.74 Å². The summed E-state index contributed by atoms with van der Waals surface area (Å²) in [6.07, 6.45) is 2.87. The lowest BCUT2D eigenvalue weighted by molar-refractivity contribution is -0.138. The predicted molar refractivity (Wildman–Crippen MR) is 83.0 cm³/mol. The lowest BCUT2D eigenvalue weighted by atomic mass is 10.1. The van der Waals surface area contributed by atoms with Gasteiger partial charge in [-0.1, -0.05) is 24.3 Å². The molecule has 0 radical (unpaired) electrons. The Kier molecular flexibility index (Phi) is 5.63. The predicted octanol–water partition coefficient (Wildman–Crippen LogP) is 3.37. The van der Waals surface area contributed by atoms with Gasteiger partial charge >= 0.3 is 11.9 Å². The van der Waals surface area contributed by atoms with Crippen LogP contribution in [0.1, 0.15) is 21.5 Å². The van der Waals surface area contributed by atoms with Crippen molar-refractivity contribution in [1.82, 2.24) is 0 Å². The maximum Gasteiger partial charge on any atom is 0.337 e. The number of ether oxygens (including phenoxy) is 2. The topological polar surface area (TPSA) is 52.6 Å². The van der Waals surface area contributed by atoms with Crippen LogP contribution >= 0.6 is 0 Å². The van der Waals surface area contributed by atoms with Gasteiger partial charge in [-0.2, -0.15) is 0 Å². The summed E-state index contributed by atoms with van der Waals surface area (Å²) >= 11 is 0. The van der Waals surface area contributed by atoms with E-state index >= 15 is 0 Å². The standard InChI is InChI=1S/C18H15FO4/c1-22-18(21)15-7-2-13(3-8-15)6-11-17(20)23-12-14-4-9-16(19)10-5-14/h2-11H,12H2,1H3/b11-6-. The molecule has 2 rings (SSSR count). The third kappa shape index (κ3) is 5.07. The minimum absolute atomic E-state index is 0.0741. The van der Waals surface area contributed by atoms with Crippen molar-refractivity contribution in [2.24, 2.45) is 0 Å². The van der Waals surface area contributed by atoms with Crippen molar-refractivity contribution in [3.8, 4) is 0 Å². The molecule has 0 aromatic heterocycles. The molecule has 0 unspecified atom stereocenters. The molecule has 0 spiro atoms. The molecule has 0 saturated heterocycles. The zero-order chi connectivity index (χ0) is 16.7. The molecule has 0 aliphatic carbocycles. The molecule has 2 aromatic rings. The zero-order valence-electron chi connectivity index (χ0n) is 12.5. The van der Waals surface area contributed by atoms with Crippen molar-refractivity contribution in [3.63, 3.8) is 0 Å². The highest BCUT2D eigenvalue weighted by Gasteiger charge is 2.04. The maximum atomic E-state index is 12.7. The van der Waals surface area contributed by atoms with Gasteiger partial charge in [0.15, 0.2) is 0 Å². The van der Waals surface area contributed by atoms with E-state index in [0.717, 1.165) is 5.56 Å². The Bertz CT molecular complexity index is 703. The summed E-state index contributed by atoms with van der Waals surface area (Å²) in [6, 6.07) is 12.3. The Balaban J connectivity index is 1.88. The Labute approximate surface area is 133 Å². The molecule has 4 nitrogen and oxygen atoms in total. The number of esters is 2. The highest BCUT2D eigenvalue weighted by atomic mass is 19.1. The molecule has 0 saturated carbocycles. The largest absolute Gasteiger partial charge is 0.465 e. The van der Waals surface area contributed by atoms with Crippen molar-refractivity contribution in [1.29, 1.82) is 0 Å². The Morgan fingerprint density at radius 2 is 1.70 bits per heavy atom. The van der Waals surface area contributed by atoms with Crippen LogP contribution < -0.4 is 0 Å². The molecule has 118 valence electrons. The smallest absolute Gasteiger partial charge is 0.337 e. The van der Waals surface area contributed by atoms with Crippen LogP contribution in [-0.4, -0.2) is 19.0 Å². The van der Waals surface area contributed by atoms with E-state index < -0.39 is 11.9 Å². The normalized spacial score (nSPS) is 10.5. The molecule has 23 heavy (non-hydrogen) atoms. The van der Waals surface area contributed by atoms with Gasteiger partial charge in [0.05, 0.1) is 12.7 Å². The van der Waals surface area contributed by atoms with Gasteiger partial charge in [0.1, 0.15) is 12.4 Å². The fraction of sp³-hybridized carbons (Fsp3) is 0.111. The van der Waals surface area contributed by atoms with E-state index in [1.807, 2.05) is 0 Å². The molecule has 0 aliphatic heterocycles. The van der Waals surface area contributed by atoms with E-state index in [1.54, 1.807) is 42.5 Å². The summed E-state index contributed by atoms with van der Waals surface area (Å²) < 4.78 is 22.4. The molecule has 0 fully saturated rings. The van der Waals surface area contributed by atoms with Gasteiger partial charge in [-0.05, 0) is 41.5 Å². The van der Waals surface area contributed by atoms with Crippen LogP contribution in [0.2, 0.25) is 0 Å². The molecule has 0 bridgehead atoms. The number of benzene rings is 2. The second kappa shape index (κ2) is 7.89. The molecule has 0 amide bonds. The van der Waals surface area contributed by atoms with Gasteiger partial charge in [-0.15, -0.1) is 0 Å². The molecule has 2 aromatic carbocycles. The van der Waals surface area contributed by atoms with Crippen LogP contribution in [0.5, 0.6) is 0 Å². The highest BCUT2D eigenvalue weighted by molar-refractivity contribution is 5.90. The van der Waals surface area contributed by atoms with Gasteiger partial charge in [0, 0.05) is 6.08 Å². The number of carbonyl (C=O) groups excluding carboxylic acids is 2. The van der Waals surface area contributed by atoms with Crippen LogP contribution in [0.4, 0.5) is 4.39 Å². The number of carbonyl (C=O) groups is 2. The van der Waals surface area contributed by atoms with Crippen molar-refractivity contribution < 1.29 is 23.5 Å². The molecule has 0 heterocycles. The molecular formula is C18H15FO4. The average molecular weight is 314 g/mol. The van der Waals surface area contributed by atoms with Crippen LogP contribution in [-0.2, 0) is 20.9 Å². The lowest BCUT2D eigenvalue weighted by Gasteiger charge is -2.02. The monoisotopic (exact) mass is 314 g/mol. The number of methoxy groups -OCH3 is 1. The lowest BCUT2D eigenvalue weighted by Crippen LogP contribution is -2.01. The minimum Gasteiger partial charge on any atom is -0.465 e. The van der Waals surface area contributed by atoms with E-state index in [9.17, 15) is 14.0 Å². The van der Waals surface area contributed by atoms with E-state index in [1.165, 1.54) is 25.3 Å². The fourth-order valence-corrected chi connectivity index (χ4v) is 1.80. The Hall–Kier alpha value is -2.95. The summed E-state index contributed by atoms with van der Waals surface area (Å²) in [5, 5.41) is 0. The molecular weight excluding hydrogens is 299 g/mol. The minimum atomic E-state index is -0.508. The van der Waals surface area contributed by atoms with E-state index in [0.29, 0.717) is 11.1 Å². The second-order valence-corrected chi connectivity index (χ2v) is 4.68. The van der Waals surface area contributed by atoms with Crippen LogP contribution in [0.25, 0.3) is 6.08 Å². The van der Waals surface area contributed by atoms with Crippen molar-refractivity contribution >= 4 is 18.0 Å². The third-order valence-electron chi connectivity index (χ3n) is 3.04. The SMILES string of the molecule is COC(=O)c1ccc(/C=C\C(=O)OCc2ccc(F)cc2)cc1. The van der Waals surface area contributed by atoms with Gasteiger partial charge in [-0.3, -0.25) is 0 Å². The first kappa shape index (κ1) is 16.4. The summed E-state index contributed by atoms with van der Waals surface area (Å²) in [5.41, 5.74) is 1.88. The number of halogens is 1. The highest BCUT2D eigenvalue weighted by Crippen LogP contribution is 2.08. The molecule has 0 N–H and O–H groups in total. The molecule has 0 aliphatic rings. The second-order valence-electron chi connectivity index (χ2n) is 4.68. The van der Waals surface area contributed by atoms with E-state index in [2.05, 4.69) is 4.74 Å². The summed E-state index contributed by atoms with van der Waals surface area (Å²) in [4.78, 5) is 22.9. The van der Waals surface area contributed by atoms with Gasteiger partial charge in [-0.25, -0.2) is 14.0 Å². The fourth-order valence-electron chi connectivity index (χ4n) is 1.80. The summed E-state index contributed by atoms with van der Waals surface area (Å²) in [5.74, 6) is -1.26. The van der Waals surface area contributed by atoms with Crippen molar-refractivity contribution in [3.05, 3.63) is 77.1 Å². The van der Waals surface area contributed by atoms with Crippen LogP contribution in [0.15, 0.2) is 54.6 Å². The van der Waals surface area contributed by atoms with Gasteiger partial charge in [0.2, 0.25) is 0 Å². The average Bonchev–Trinajstić information content (AvgIpc) is 2.59. The first-order valence-electron chi connectivity index (χ1n) is 6.86. The zero-order valence-corrected chi connectivity index (χ0v) is 12.5. The molecule has 5 heteroatoms. The van der Waals surface area contributed by atoms with Gasteiger partial charge in [0.25, 0.3) is 0 Å². The van der Waals surface area contributed by atoms with Gasteiger partial charge < -0.3 is 9.47 Å². The van der Waals surface area contributed by atoms with Crippen molar-refractivity contribution in [2.75, 3.05) is 7.11 Å². The quantitative estimate of drug-likeness (QED) is 0.627. The van der Waals surface area contributed by atoms with Crippen molar-refractivity contribution in [2.45, 2.75) is 6.61 Å². The summed E-state index contributed by atoms with van der Waals surface area (Å²) in [6.45, 7) is 0.0741. The summed E-state index contributed by atoms with van der Waals surface area (Å²) in [7, 11) is 1.31. The van der Waals surface area contributed by atoms with Crippen LogP contribution in [0, 0.1) is 5.82 Å². The number of hydrogen-bond acceptors (Lipinski definition) is 4. The molecule has 0 atom stereocenters. The Morgan fingerprint density at radius 3 is 2.30 bits per heavy atom. The number of rotatable bonds is 5. The number of hydrogen-bond donors (Lipinski definition) is 0. The van der Waals surface area contributed by atoms with Crippen LogP contribution in [0.3, 0.4) is 0 Å².